The predicted molar refractivity (Wildman–Crippen MR) is 67.1 cm³/mol. The van der Waals surface area contributed by atoms with Gasteiger partial charge >= 0.3 is 0 Å². The smallest absolute Gasteiger partial charge is 0.0768 e. The minimum absolute atomic E-state index is 0.772. The zero-order valence-electron chi connectivity index (χ0n) is 9.60. The number of anilines is 1. The standard InChI is InChI=1S/C13H15N3O/c14-12-5-4-10(9-16-7-2-8-17-16)13-11(12)3-1-6-15-13/h1,3-6H,2,7-9,14H2. The van der Waals surface area contributed by atoms with Crippen LogP contribution in [0.25, 0.3) is 10.9 Å². The Hall–Kier alpha value is -1.65. The normalized spacial score (nSPS) is 16.7. The molecule has 3 rings (SSSR count). The highest BCUT2D eigenvalue weighted by atomic mass is 16.7. The average molecular weight is 229 g/mol. The Bertz CT molecular complexity index is 535. The molecule has 17 heavy (non-hydrogen) atoms. The van der Waals surface area contributed by atoms with Crippen molar-refractivity contribution in [3.8, 4) is 0 Å². The number of aromatic nitrogens is 1. The van der Waals surface area contributed by atoms with Crippen molar-refractivity contribution in [2.45, 2.75) is 13.0 Å². The molecule has 1 aliphatic heterocycles. The van der Waals surface area contributed by atoms with E-state index in [4.69, 9.17) is 10.6 Å². The van der Waals surface area contributed by atoms with Crippen LogP contribution in [0.1, 0.15) is 12.0 Å². The van der Waals surface area contributed by atoms with Gasteiger partial charge in [-0.15, -0.1) is 0 Å². The van der Waals surface area contributed by atoms with E-state index in [1.807, 2.05) is 29.3 Å². The fourth-order valence-corrected chi connectivity index (χ4v) is 2.19. The highest BCUT2D eigenvalue weighted by Gasteiger charge is 2.14. The molecule has 1 aromatic heterocycles. The molecule has 0 aliphatic carbocycles. The molecule has 1 fully saturated rings. The van der Waals surface area contributed by atoms with Crippen LogP contribution in [0.2, 0.25) is 0 Å². The number of hydroxylamine groups is 2. The van der Waals surface area contributed by atoms with E-state index in [9.17, 15) is 0 Å². The van der Waals surface area contributed by atoms with Crippen molar-refractivity contribution in [2.24, 2.45) is 0 Å². The fraction of sp³-hybridized carbons (Fsp3) is 0.308. The molecule has 1 aromatic carbocycles. The Kier molecular flexibility index (Phi) is 2.66. The van der Waals surface area contributed by atoms with Gasteiger partial charge in [0.25, 0.3) is 0 Å². The van der Waals surface area contributed by atoms with Crippen molar-refractivity contribution in [3.63, 3.8) is 0 Å². The molecule has 2 heterocycles. The molecule has 0 bridgehead atoms. The van der Waals surface area contributed by atoms with Crippen LogP contribution in [-0.4, -0.2) is 23.2 Å². The third-order valence-electron chi connectivity index (χ3n) is 3.06. The molecule has 0 saturated carbocycles. The maximum Gasteiger partial charge on any atom is 0.0768 e. The Morgan fingerprint density at radius 1 is 1.35 bits per heavy atom. The highest BCUT2D eigenvalue weighted by Crippen LogP contribution is 2.24. The first-order chi connectivity index (χ1) is 8.34. The van der Waals surface area contributed by atoms with Gasteiger partial charge in [-0.1, -0.05) is 6.07 Å². The van der Waals surface area contributed by atoms with E-state index in [1.54, 1.807) is 6.20 Å². The second-order valence-electron chi connectivity index (χ2n) is 4.26. The summed E-state index contributed by atoms with van der Waals surface area (Å²) in [5, 5.41) is 3.00. The first-order valence-electron chi connectivity index (χ1n) is 5.84. The zero-order valence-corrected chi connectivity index (χ0v) is 9.60. The molecule has 0 spiro atoms. The van der Waals surface area contributed by atoms with Crippen LogP contribution in [0.5, 0.6) is 0 Å². The topological polar surface area (TPSA) is 51.4 Å². The second kappa shape index (κ2) is 4.31. The Morgan fingerprint density at radius 2 is 2.29 bits per heavy atom. The van der Waals surface area contributed by atoms with E-state index in [0.717, 1.165) is 48.3 Å². The van der Waals surface area contributed by atoms with Crippen molar-refractivity contribution in [1.82, 2.24) is 10.0 Å². The van der Waals surface area contributed by atoms with Crippen LogP contribution in [0.4, 0.5) is 5.69 Å². The van der Waals surface area contributed by atoms with Crippen LogP contribution in [0.3, 0.4) is 0 Å². The van der Waals surface area contributed by atoms with Gasteiger partial charge in [-0.05, 0) is 30.2 Å². The van der Waals surface area contributed by atoms with Gasteiger partial charge in [-0.3, -0.25) is 9.82 Å². The molecule has 0 radical (unpaired) electrons. The fourth-order valence-electron chi connectivity index (χ4n) is 2.19. The molecular formula is C13H15N3O. The van der Waals surface area contributed by atoms with E-state index in [2.05, 4.69) is 4.98 Å². The Balaban J connectivity index is 2.01. The van der Waals surface area contributed by atoms with Gasteiger partial charge in [0.15, 0.2) is 0 Å². The lowest BCUT2D eigenvalue weighted by atomic mass is 10.1. The van der Waals surface area contributed by atoms with Gasteiger partial charge in [0.2, 0.25) is 0 Å². The molecular weight excluding hydrogens is 214 g/mol. The van der Waals surface area contributed by atoms with E-state index in [1.165, 1.54) is 0 Å². The van der Waals surface area contributed by atoms with E-state index in [0.29, 0.717) is 0 Å². The largest absolute Gasteiger partial charge is 0.398 e. The molecule has 88 valence electrons. The van der Waals surface area contributed by atoms with Crippen LogP contribution in [0.15, 0.2) is 30.5 Å². The number of hydrogen-bond acceptors (Lipinski definition) is 4. The predicted octanol–water partition coefficient (Wildman–Crippen LogP) is 1.95. The van der Waals surface area contributed by atoms with Crippen molar-refractivity contribution in [1.29, 1.82) is 0 Å². The summed E-state index contributed by atoms with van der Waals surface area (Å²) in [6.07, 6.45) is 2.90. The van der Waals surface area contributed by atoms with Gasteiger partial charge in [-0.2, -0.15) is 5.06 Å². The average Bonchev–Trinajstić information content (AvgIpc) is 2.86. The monoisotopic (exact) mass is 229 g/mol. The summed E-state index contributed by atoms with van der Waals surface area (Å²) >= 11 is 0. The third kappa shape index (κ3) is 1.97. The van der Waals surface area contributed by atoms with Gasteiger partial charge < -0.3 is 5.73 Å². The van der Waals surface area contributed by atoms with Gasteiger partial charge in [0.05, 0.1) is 18.7 Å². The van der Waals surface area contributed by atoms with Gasteiger partial charge in [0.1, 0.15) is 0 Å². The molecule has 4 heteroatoms. The van der Waals surface area contributed by atoms with Crippen molar-refractivity contribution >= 4 is 16.6 Å². The van der Waals surface area contributed by atoms with Gasteiger partial charge in [0, 0.05) is 23.8 Å². The molecule has 1 saturated heterocycles. The maximum atomic E-state index is 5.95. The van der Waals surface area contributed by atoms with Crippen LogP contribution in [0, 0.1) is 0 Å². The number of nitrogen functional groups attached to an aromatic ring is 1. The molecule has 0 unspecified atom stereocenters. The van der Waals surface area contributed by atoms with E-state index < -0.39 is 0 Å². The number of nitrogens with two attached hydrogens (primary N) is 1. The van der Waals surface area contributed by atoms with Crippen molar-refractivity contribution < 1.29 is 4.84 Å². The quantitative estimate of drug-likeness (QED) is 0.800. The lowest BCUT2D eigenvalue weighted by Gasteiger charge is -2.15. The number of nitrogens with zero attached hydrogens (tertiary/aromatic N) is 2. The van der Waals surface area contributed by atoms with Crippen LogP contribution >= 0.6 is 0 Å². The summed E-state index contributed by atoms with van der Waals surface area (Å²) in [5.74, 6) is 0. The number of hydrogen-bond donors (Lipinski definition) is 1. The molecule has 4 nitrogen and oxygen atoms in total. The minimum atomic E-state index is 0.772. The van der Waals surface area contributed by atoms with E-state index in [-0.39, 0.29) is 0 Å². The number of rotatable bonds is 2. The van der Waals surface area contributed by atoms with Crippen molar-refractivity contribution in [2.75, 3.05) is 18.9 Å². The summed E-state index contributed by atoms with van der Waals surface area (Å²) in [7, 11) is 0. The Morgan fingerprint density at radius 3 is 3.12 bits per heavy atom. The molecule has 1 aliphatic rings. The summed E-state index contributed by atoms with van der Waals surface area (Å²) in [6.45, 7) is 2.58. The SMILES string of the molecule is Nc1ccc(CN2CCCO2)c2ncccc12. The first-order valence-corrected chi connectivity index (χ1v) is 5.84. The van der Waals surface area contributed by atoms with Crippen LogP contribution in [-0.2, 0) is 11.4 Å². The minimum Gasteiger partial charge on any atom is -0.398 e. The molecule has 2 N–H and O–H groups in total. The zero-order chi connectivity index (χ0) is 11.7. The van der Waals surface area contributed by atoms with Crippen LogP contribution < -0.4 is 5.73 Å². The first kappa shape index (κ1) is 10.5. The summed E-state index contributed by atoms with van der Waals surface area (Å²) < 4.78 is 0. The lowest BCUT2D eigenvalue weighted by molar-refractivity contribution is -0.117. The maximum absolute atomic E-state index is 5.95. The second-order valence-corrected chi connectivity index (χ2v) is 4.26. The molecule has 2 aromatic rings. The number of pyridine rings is 1. The number of fused-ring (bicyclic) bond motifs is 1. The van der Waals surface area contributed by atoms with Gasteiger partial charge in [-0.25, -0.2) is 0 Å². The number of benzene rings is 1. The van der Waals surface area contributed by atoms with Crippen molar-refractivity contribution in [3.05, 3.63) is 36.0 Å². The highest BCUT2D eigenvalue weighted by molar-refractivity contribution is 5.92. The Labute approximate surface area is 100.0 Å². The summed E-state index contributed by atoms with van der Waals surface area (Å²) in [5.41, 5.74) is 8.86. The molecule has 0 amide bonds. The molecule has 0 atom stereocenters. The lowest BCUT2D eigenvalue weighted by Crippen LogP contribution is -2.17. The third-order valence-corrected chi connectivity index (χ3v) is 3.06. The van der Waals surface area contributed by atoms with E-state index >= 15 is 0 Å². The summed E-state index contributed by atoms with van der Waals surface area (Å²) in [4.78, 5) is 9.93. The summed E-state index contributed by atoms with van der Waals surface area (Å²) in [6, 6.07) is 7.89.